The topological polar surface area (TPSA) is 87.5 Å². The normalized spacial score (nSPS) is 10.8. The molecular formula is C28H24N4O4. The van der Waals surface area contributed by atoms with Crippen molar-refractivity contribution in [2.75, 3.05) is 26.6 Å². The van der Waals surface area contributed by atoms with Crippen LogP contribution in [0, 0.1) is 0 Å². The highest BCUT2D eigenvalue weighted by Gasteiger charge is 2.19. The molecule has 8 nitrogen and oxygen atoms in total. The second kappa shape index (κ2) is 9.79. The summed E-state index contributed by atoms with van der Waals surface area (Å²) in [5, 5.41) is 3.81. The molecule has 0 aliphatic carbocycles. The Balaban J connectivity index is 1.62. The molecule has 0 unspecified atom stereocenters. The van der Waals surface area contributed by atoms with Gasteiger partial charge in [-0.25, -0.2) is 9.97 Å². The highest BCUT2D eigenvalue weighted by molar-refractivity contribution is 6.13. The summed E-state index contributed by atoms with van der Waals surface area (Å²) >= 11 is 0. The summed E-state index contributed by atoms with van der Waals surface area (Å²) < 4.78 is 18.3. The third-order valence-corrected chi connectivity index (χ3v) is 5.86. The van der Waals surface area contributed by atoms with E-state index < -0.39 is 0 Å². The third-order valence-electron chi connectivity index (χ3n) is 5.86. The van der Waals surface area contributed by atoms with Crippen LogP contribution in [0.5, 0.6) is 17.2 Å². The van der Waals surface area contributed by atoms with Gasteiger partial charge in [0.25, 0.3) is 5.91 Å². The van der Waals surface area contributed by atoms with E-state index in [9.17, 15) is 4.79 Å². The number of hydrogen-bond acceptors (Lipinski definition) is 6. The van der Waals surface area contributed by atoms with Gasteiger partial charge in [-0.1, -0.05) is 30.3 Å². The minimum atomic E-state index is -0.255. The van der Waals surface area contributed by atoms with Gasteiger partial charge in [-0.3, -0.25) is 4.79 Å². The van der Waals surface area contributed by atoms with Crippen LogP contribution in [0.4, 0.5) is 5.69 Å². The maximum atomic E-state index is 13.6. The molecule has 8 heteroatoms. The molecule has 0 atom stereocenters. The third kappa shape index (κ3) is 4.20. The number of fused-ring (bicyclic) bond motifs is 1. The van der Waals surface area contributed by atoms with Crippen molar-refractivity contribution in [3.05, 3.63) is 91.0 Å². The van der Waals surface area contributed by atoms with E-state index in [-0.39, 0.29) is 5.91 Å². The lowest BCUT2D eigenvalue weighted by Crippen LogP contribution is -2.14. The lowest BCUT2D eigenvalue weighted by Gasteiger charge is -2.16. The van der Waals surface area contributed by atoms with Crippen LogP contribution in [0.1, 0.15) is 10.4 Å². The van der Waals surface area contributed by atoms with Crippen LogP contribution in [0.25, 0.3) is 27.8 Å². The van der Waals surface area contributed by atoms with Gasteiger partial charge in [0.1, 0.15) is 0 Å². The van der Waals surface area contributed by atoms with Gasteiger partial charge in [-0.05, 0) is 36.4 Å². The van der Waals surface area contributed by atoms with Gasteiger partial charge in [-0.15, -0.1) is 0 Å². The predicted molar refractivity (Wildman–Crippen MR) is 138 cm³/mol. The highest BCUT2D eigenvalue weighted by Crippen LogP contribution is 2.41. The zero-order chi connectivity index (χ0) is 25.1. The van der Waals surface area contributed by atoms with E-state index >= 15 is 0 Å². The van der Waals surface area contributed by atoms with Crippen molar-refractivity contribution in [3.63, 3.8) is 0 Å². The van der Waals surface area contributed by atoms with Gasteiger partial charge in [0.05, 0.1) is 55.8 Å². The molecule has 3 aromatic carbocycles. The van der Waals surface area contributed by atoms with Crippen LogP contribution in [0.2, 0.25) is 0 Å². The molecule has 0 aliphatic rings. The van der Waals surface area contributed by atoms with Crippen LogP contribution in [-0.4, -0.2) is 41.8 Å². The van der Waals surface area contributed by atoms with Gasteiger partial charge in [-0.2, -0.15) is 0 Å². The number of benzene rings is 3. The van der Waals surface area contributed by atoms with Crippen molar-refractivity contribution in [2.45, 2.75) is 0 Å². The maximum absolute atomic E-state index is 13.6. The first-order valence-electron chi connectivity index (χ1n) is 11.2. The van der Waals surface area contributed by atoms with Gasteiger partial charge < -0.3 is 24.1 Å². The zero-order valence-electron chi connectivity index (χ0n) is 20.1. The molecular weight excluding hydrogens is 456 g/mol. The molecule has 1 amide bonds. The van der Waals surface area contributed by atoms with Gasteiger partial charge in [0.15, 0.2) is 11.5 Å². The van der Waals surface area contributed by atoms with Crippen molar-refractivity contribution in [2.24, 2.45) is 0 Å². The molecule has 0 fully saturated rings. The number of nitrogens with zero attached hydrogens (tertiary/aromatic N) is 3. The lowest BCUT2D eigenvalue weighted by atomic mass is 10.0. The number of amides is 1. The van der Waals surface area contributed by atoms with Crippen molar-refractivity contribution in [1.82, 2.24) is 14.5 Å². The summed E-state index contributed by atoms with van der Waals surface area (Å²) in [6, 6.07) is 20.5. The van der Waals surface area contributed by atoms with Crippen LogP contribution in [0.15, 0.2) is 85.5 Å². The van der Waals surface area contributed by atoms with Crippen LogP contribution in [-0.2, 0) is 0 Å². The van der Waals surface area contributed by atoms with E-state index in [0.717, 1.165) is 16.6 Å². The first-order chi connectivity index (χ1) is 17.6. The fourth-order valence-electron chi connectivity index (χ4n) is 4.14. The smallest absolute Gasteiger partial charge is 0.256 e. The predicted octanol–water partition coefficient (Wildman–Crippen LogP) is 5.37. The SMILES string of the molecule is COc1cc(-c2cc(C(=O)Nc3ccccc3-n3ccnc3)c3ccccc3n2)cc(OC)c1OC. The molecule has 5 aromatic rings. The number of carbonyl (C=O) groups excluding carboxylic acids is 1. The fraction of sp³-hybridized carbons (Fsp3) is 0.107. The van der Waals surface area contributed by atoms with Gasteiger partial charge in [0, 0.05) is 23.3 Å². The summed E-state index contributed by atoms with van der Waals surface area (Å²) in [5.74, 6) is 1.23. The summed E-state index contributed by atoms with van der Waals surface area (Å²) in [7, 11) is 4.68. The van der Waals surface area contributed by atoms with E-state index in [1.807, 2.05) is 71.4 Å². The summed E-state index contributed by atoms with van der Waals surface area (Å²) in [5.41, 5.74) is 3.98. The van der Waals surface area contributed by atoms with Crippen molar-refractivity contribution in [1.29, 1.82) is 0 Å². The van der Waals surface area contributed by atoms with E-state index in [4.69, 9.17) is 19.2 Å². The zero-order valence-corrected chi connectivity index (χ0v) is 20.1. The number of anilines is 1. The molecule has 36 heavy (non-hydrogen) atoms. The molecule has 0 spiro atoms. The summed E-state index contributed by atoms with van der Waals surface area (Å²) in [6.45, 7) is 0. The Labute approximate surface area is 208 Å². The molecule has 5 rings (SSSR count). The molecule has 180 valence electrons. The maximum Gasteiger partial charge on any atom is 0.256 e. The molecule has 0 radical (unpaired) electrons. The molecule has 0 aliphatic heterocycles. The number of nitrogens with one attached hydrogen (secondary N) is 1. The van der Waals surface area contributed by atoms with Crippen molar-refractivity contribution < 1.29 is 19.0 Å². The average molecular weight is 481 g/mol. The quantitative estimate of drug-likeness (QED) is 0.337. The molecule has 0 saturated heterocycles. The van der Waals surface area contributed by atoms with Crippen LogP contribution < -0.4 is 19.5 Å². The minimum absolute atomic E-state index is 0.255. The molecule has 1 N–H and O–H groups in total. The number of methoxy groups -OCH3 is 3. The van der Waals surface area contributed by atoms with Gasteiger partial charge >= 0.3 is 0 Å². The van der Waals surface area contributed by atoms with E-state index in [1.54, 1.807) is 39.9 Å². The molecule has 2 heterocycles. The Morgan fingerprint density at radius 3 is 2.31 bits per heavy atom. The number of carbonyl (C=O) groups is 1. The Bertz CT molecular complexity index is 1520. The number of imidazole rings is 1. The number of aromatic nitrogens is 3. The molecule has 2 aromatic heterocycles. The Morgan fingerprint density at radius 2 is 1.61 bits per heavy atom. The number of hydrogen-bond donors (Lipinski definition) is 1. The second-order valence-electron chi connectivity index (χ2n) is 7.93. The molecule has 0 bridgehead atoms. The molecule has 0 saturated carbocycles. The van der Waals surface area contributed by atoms with E-state index in [0.29, 0.717) is 39.7 Å². The standard InChI is InChI=1S/C28H24N4O4/c1-34-25-14-18(15-26(35-2)27(25)36-3)23-16-20(19-8-4-5-9-21(19)30-23)28(33)31-22-10-6-7-11-24(22)32-13-12-29-17-32/h4-17H,1-3H3,(H,31,33). The first kappa shape index (κ1) is 22.9. The number of rotatable bonds is 7. The Kier molecular flexibility index (Phi) is 6.23. The van der Waals surface area contributed by atoms with Crippen molar-refractivity contribution in [3.8, 4) is 34.2 Å². The minimum Gasteiger partial charge on any atom is -0.493 e. The first-order valence-corrected chi connectivity index (χ1v) is 11.2. The van der Waals surface area contributed by atoms with Crippen LogP contribution >= 0.6 is 0 Å². The number of para-hydroxylation sites is 3. The van der Waals surface area contributed by atoms with Crippen molar-refractivity contribution >= 4 is 22.5 Å². The average Bonchev–Trinajstić information content (AvgIpc) is 3.46. The van der Waals surface area contributed by atoms with E-state index in [1.165, 1.54) is 0 Å². The highest BCUT2D eigenvalue weighted by atomic mass is 16.5. The summed E-state index contributed by atoms with van der Waals surface area (Å²) in [4.78, 5) is 22.6. The second-order valence-corrected chi connectivity index (χ2v) is 7.93. The number of ether oxygens (including phenoxy) is 3. The van der Waals surface area contributed by atoms with Crippen LogP contribution in [0.3, 0.4) is 0 Å². The largest absolute Gasteiger partial charge is 0.493 e. The van der Waals surface area contributed by atoms with E-state index in [2.05, 4.69) is 10.3 Å². The Morgan fingerprint density at radius 1 is 0.889 bits per heavy atom. The Hall–Kier alpha value is -4.85. The monoisotopic (exact) mass is 480 g/mol. The van der Waals surface area contributed by atoms with Gasteiger partial charge in [0.2, 0.25) is 5.75 Å². The summed E-state index contributed by atoms with van der Waals surface area (Å²) in [6.07, 6.45) is 5.21. The number of pyridine rings is 1. The fourth-order valence-corrected chi connectivity index (χ4v) is 4.14. The lowest BCUT2D eigenvalue weighted by molar-refractivity contribution is 0.102.